The minimum absolute atomic E-state index is 0.557. The molecule has 64 valence electrons. The molecule has 0 aliphatic carbocycles. The Morgan fingerprint density at radius 1 is 1.58 bits per heavy atom. The maximum absolute atomic E-state index is 5.39. The van der Waals surface area contributed by atoms with E-state index in [4.69, 9.17) is 14.7 Å². The molecule has 0 radical (unpaired) electrons. The number of hydrogen-bond donors (Lipinski definition) is 1. The second-order valence-corrected chi connectivity index (χ2v) is 2.72. The highest BCUT2D eigenvalue weighted by Gasteiger charge is 2.11. The van der Waals surface area contributed by atoms with E-state index in [9.17, 15) is 0 Å². The maximum atomic E-state index is 5.39. The molecule has 2 aromatic heterocycles. The first kappa shape index (κ1) is 7.36. The smallest absolute Gasteiger partial charge is 0.205 e. The average Bonchev–Trinajstić information content (AvgIpc) is 2.52. The van der Waals surface area contributed by atoms with Crippen LogP contribution in [0.25, 0.3) is 11.2 Å². The Morgan fingerprint density at radius 2 is 2.42 bits per heavy atom. The van der Waals surface area contributed by atoms with Crippen LogP contribution < -0.4 is 5.73 Å². The lowest BCUT2D eigenvalue weighted by Crippen LogP contribution is -2.02. The first-order chi connectivity index (χ1) is 5.81. The van der Waals surface area contributed by atoms with Crippen molar-refractivity contribution in [2.45, 2.75) is 13.3 Å². The normalized spacial score (nSPS) is 11.2. The highest BCUT2D eigenvalue weighted by atomic mass is 16.5. The summed E-state index contributed by atoms with van der Waals surface area (Å²) in [6, 6.07) is 1.82. The number of aryl methyl sites for hydroxylation is 1. The number of nitrogens with zero attached hydrogens (tertiary/aromatic N) is 1. The van der Waals surface area contributed by atoms with Crippen LogP contribution in [0.3, 0.4) is 0 Å². The van der Waals surface area contributed by atoms with Gasteiger partial charge in [0.05, 0.1) is 0 Å². The van der Waals surface area contributed by atoms with E-state index >= 15 is 0 Å². The number of furan rings is 1. The molecule has 0 amide bonds. The van der Waals surface area contributed by atoms with Crippen molar-refractivity contribution in [1.82, 2.24) is 5.16 Å². The van der Waals surface area contributed by atoms with E-state index in [1.807, 2.05) is 13.0 Å². The summed E-state index contributed by atoms with van der Waals surface area (Å²) >= 11 is 0. The van der Waals surface area contributed by atoms with Crippen LogP contribution >= 0.6 is 0 Å². The standard InChI is InChI=1S/C8H10N2O2/c1-5-4-7-8(11-5)6(2-3-9)10-12-7/h4H,2-3,9H2,1H3. The van der Waals surface area contributed by atoms with Gasteiger partial charge in [-0.3, -0.25) is 0 Å². The highest BCUT2D eigenvalue weighted by Crippen LogP contribution is 2.22. The Labute approximate surface area is 69.3 Å². The van der Waals surface area contributed by atoms with Crippen LogP contribution in [0, 0.1) is 6.92 Å². The van der Waals surface area contributed by atoms with E-state index in [2.05, 4.69) is 5.16 Å². The molecule has 0 aliphatic heterocycles. The second-order valence-electron chi connectivity index (χ2n) is 2.72. The fraction of sp³-hybridized carbons (Fsp3) is 0.375. The summed E-state index contributed by atoms with van der Waals surface area (Å²) in [6.45, 7) is 2.43. The van der Waals surface area contributed by atoms with E-state index in [-0.39, 0.29) is 0 Å². The Kier molecular flexibility index (Phi) is 1.62. The third kappa shape index (κ3) is 1.00. The van der Waals surface area contributed by atoms with Crippen LogP contribution in [0.2, 0.25) is 0 Å². The van der Waals surface area contributed by atoms with E-state index in [1.165, 1.54) is 0 Å². The molecular weight excluding hydrogens is 156 g/mol. The van der Waals surface area contributed by atoms with E-state index in [0.29, 0.717) is 18.5 Å². The summed E-state index contributed by atoms with van der Waals surface area (Å²) in [6.07, 6.45) is 0.694. The number of nitrogens with two attached hydrogens (primary N) is 1. The van der Waals surface area contributed by atoms with Gasteiger partial charge in [-0.15, -0.1) is 0 Å². The predicted molar refractivity (Wildman–Crippen MR) is 43.8 cm³/mol. The van der Waals surface area contributed by atoms with Gasteiger partial charge in [0.15, 0.2) is 5.58 Å². The van der Waals surface area contributed by atoms with Crippen molar-refractivity contribution >= 4 is 11.2 Å². The molecule has 0 unspecified atom stereocenters. The van der Waals surface area contributed by atoms with Crippen LogP contribution in [0.5, 0.6) is 0 Å². The summed E-state index contributed by atoms with van der Waals surface area (Å²) < 4.78 is 10.4. The van der Waals surface area contributed by atoms with Gasteiger partial charge in [-0.1, -0.05) is 5.16 Å². The largest absolute Gasteiger partial charge is 0.456 e. The van der Waals surface area contributed by atoms with Crippen molar-refractivity contribution in [3.05, 3.63) is 17.5 Å². The number of rotatable bonds is 2. The summed E-state index contributed by atoms with van der Waals surface area (Å²) in [4.78, 5) is 0. The Bertz CT molecular complexity index is 389. The summed E-state index contributed by atoms with van der Waals surface area (Å²) in [5, 5.41) is 3.84. The van der Waals surface area contributed by atoms with Gasteiger partial charge in [0.2, 0.25) is 5.58 Å². The lowest BCUT2D eigenvalue weighted by molar-refractivity contribution is 0.446. The van der Waals surface area contributed by atoms with Crippen molar-refractivity contribution in [2.24, 2.45) is 5.73 Å². The molecule has 2 N–H and O–H groups in total. The zero-order chi connectivity index (χ0) is 8.55. The molecule has 0 aromatic carbocycles. The number of aromatic nitrogens is 1. The van der Waals surface area contributed by atoms with Crippen LogP contribution in [0.1, 0.15) is 11.5 Å². The SMILES string of the molecule is Cc1cc2onc(CCN)c2o1. The van der Waals surface area contributed by atoms with Crippen molar-refractivity contribution in [1.29, 1.82) is 0 Å². The third-order valence-electron chi connectivity index (χ3n) is 1.72. The Balaban J connectivity index is 2.53. The van der Waals surface area contributed by atoms with Crippen LogP contribution in [-0.2, 0) is 6.42 Å². The minimum Gasteiger partial charge on any atom is -0.456 e. The molecule has 0 aliphatic rings. The first-order valence-corrected chi connectivity index (χ1v) is 3.86. The maximum Gasteiger partial charge on any atom is 0.205 e. The molecule has 0 saturated heterocycles. The third-order valence-corrected chi connectivity index (χ3v) is 1.72. The van der Waals surface area contributed by atoms with Crippen LogP contribution in [0.15, 0.2) is 15.0 Å². The predicted octanol–water partition coefficient (Wildman–Crippen LogP) is 1.23. The topological polar surface area (TPSA) is 65.2 Å². The van der Waals surface area contributed by atoms with Gasteiger partial charge in [-0.25, -0.2) is 0 Å². The molecule has 2 rings (SSSR count). The molecule has 0 atom stereocenters. The van der Waals surface area contributed by atoms with Crippen molar-refractivity contribution in [3.8, 4) is 0 Å². The van der Waals surface area contributed by atoms with Crippen molar-refractivity contribution < 1.29 is 8.94 Å². The monoisotopic (exact) mass is 166 g/mol. The molecule has 2 heterocycles. The first-order valence-electron chi connectivity index (χ1n) is 3.86. The molecule has 0 bridgehead atoms. The summed E-state index contributed by atoms with van der Waals surface area (Å²) in [7, 11) is 0. The van der Waals surface area contributed by atoms with Gasteiger partial charge in [-0.2, -0.15) is 0 Å². The lowest BCUT2D eigenvalue weighted by Gasteiger charge is -1.87. The van der Waals surface area contributed by atoms with Crippen molar-refractivity contribution in [2.75, 3.05) is 6.54 Å². The molecule has 12 heavy (non-hydrogen) atoms. The summed E-state index contributed by atoms with van der Waals surface area (Å²) in [5.41, 5.74) is 7.64. The van der Waals surface area contributed by atoms with E-state index < -0.39 is 0 Å². The van der Waals surface area contributed by atoms with Gasteiger partial charge in [0.1, 0.15) is 11.5 Å². The van der Waals surface area contributed by atoms with Gasteiger partial charge >= 0.3 is 0 Å². The molecule has 0 fully saturated rings. The second kappa shape index (κ2) is 2.64. The van der Waals surface area contributed by atoms with Crippen LogP contribution in [-0.4, -0.2) is 11.7 Å². The fourth-order valence-corrected chi connectivity index (χ4v) is 1.20. The summed E-state index contributed by atoms with van der Waals surface area (Å²) in [5.74, 6) is 0.837. The van der Waals surface area contributed by atoms with Gasteiger partial charge in [0, 0.05) is 12.5 Å². The highest BCUT2D eigenvalue weighted by molar-refractivity contribution is 5.73. The van der Waals surface area contributed by atoms with Gasteiger partial charge < -0.3 is 14.7 Å². The number of fused-ring (bicyclic) bond motifs is 1. The molecule has 4 nitrogen and oxygen atoms in total. The molecule has 4 heteroatoms. The molecular formula is C8H10N2O2. The van der Waals surface area contributed by atoms with Gasteiger partial charge in [-0.05, 0) is 13.5 Å². The van der Waals surface area contributed by atoms with Gasteiger partial charge in [0.25, 0.3) is 0 Å². The van der Waals surface area contributed by atoms with Crippen LogP contribution in [0.4, 0.5) is 0 Å². The zero-order valence-electron chi connectivity index (χ0n) is 6.83. The Hall–Kier alpha value is -1.29. The Morgan fingerprint density at radius 3 is 3.17 bits per heavy atom. The average molecular weight is 166 g/mol. The number of hydrogen-bond acceptors (Lipinski definition) is 4. The lowest BCUT2D eigenvalue weighted by atomic mass is 10.3. The fourth-order valence-electron chi connectivity index (χ4n) is 1.20. The van der Waals surface area contributed by atoms with E-state index in [0.717, 1.165) is 17.0 Å². The zero-order valence-corrected chi connectivity index (χ0v) is 6.83. The minimum atomic E-state index is 0.557. The molecule has 0 spiro atoms. The molecule has 2 aromatic rings. The van der Waals surface area contributed by atoms with Crippen molar-refractivity contribution in [3.63, 3.8) is 0 Å². The molecule has 0 saturated carbocycles. The van der Waals surface area contributed by atoms with E-state index in [1.54, 1.807) is 0 Å². The quantitative estimate of drug-likeness (QED) is 0.728.